The topological polar surface area (TPSA) is 117 Å². The summed E-state index contributed by atoms with van der Waals surface area (Å²) in [7, 11) is 0. The molecule has 3 amide bonds. The van der Waals surface area contributed by atoms with E-state index < -0.39 is 18.6 Å². The van der Waals surface area contributed by atoms with Crippen LogP contribution in [0.2, 0.25) is 0 Å². The zero-order chi connectivity index (χ0) is 12.0. The molecule has 16 heavy (non-hydrogen) atoms. The SMILES string of the molecule is O=C(O)CONC(=O)NCC1CCC(=O)N1. The molecule has 90 valence electrons. The third kappa shape index (κ3) is 4.60. The van der Waals surface area contributed by atoms with Crippen molar-refractivity contribution in [3.05, 3.63) is 0 Å². The van der Waals surface area contributed by atoms with E-state index in [1.165, 1.54) is 0 Å². The minimum atomic E-state index is -1.18. The second-order valence-electron chi connectivity index (χ2n) is 3.30. The minimum absolute atomic E-state index is 0.0330. The number of hydroxylamine groups is 1. The van der Waals surface area contributed by atoms with E-state index in [0.717, 1.165) is 0 Å². The van der Waals surface area contributed by atoms with E-state index in [2.05, 4.69) is 15.5 Å². The van der Waals surface area contributed by atoms with Gasteiger partial charge in [0.15, 0.2) is 6.61 Å². The number of amides is 3. The number of carboxylic acid groups (broad SMARTS) is 1. The normalized spacial score (nSPS) is 19.0. The summed E-state index contributed by atoms with van der Waals surface area (Å²) in [5.41, 5.74) is 1.91. The van der Waals surface area contributed by atoms with Gasteiger partial charge < -0.3 is 15.7 Å². The van der Waals surface area contributed by atoms with E-state index in [9.17, 15) is 14.4 Å². The number of aliphatic carboxylic acids is 1. The minimum Gasteiger partial charge on any atom is -0.479 e. The van der Waals surface area contributed by atoms with Crippen molar-refractivity contribution in [1.29, 1.82) is 0 Å². The summed E-state index contributed by atoms with van der Waals surface area (Å²) < 4.78 is 0. The molecule has 1 aliphatic rings. The first-order chi connectivity index (χ1) is 7.58. The monoisotopic (exact) mass is 231 g/mol. The summed E-state index contributed by atoms with van der Waals surface area (Å²) in [5, 5.41) is 13.3. The van der Waals surface area contributed by atoms with Gasteiger partial charge in [0, 0.05) is 19.0 Å². The second kappa shape index (κ2) is 5.91. The number of rotatable bonds is 5. The summed E-state index contributed by atoms with van der Waals surface area (Å²) in [6, 6.07) is -0.708. The van der Waals surface area contributed by atoms with Crippen molar-refractivity contribution >= 4 is 17.9 Å². The van der Waals surface area contributed by atoms with Gasteiger partial charge in [0.1, 0.15) is 0 Å². The highest BCUT2D eigenvalue weighted by Crippen LogP contribution is 2.04. The van der Waals surface area contributed by atoms with Crippen LogP contribution in [0, 0.1) is 0 Å². The van der Waals surface area contributed by atoms with E-state index in [4.69, 9.17) is 5.11 Å². The fourth-order valence-corrected chi connectivity index (χ4v) is 1.25. The van der Waals surface area contributed by atoms with E-state index in [1.807, 2.05) is 5.48 Å². The Morgan fingerprint density at radius 3 is 2.88 bits per heavy atom. The molecule has 0 bridgehead atoms. The van der Waals surface area contributed by atoms with Crippen molar-refractivity contribution in [1.82, 2.24) is 16.1 Å². The molecule has 0 aliphatic carbocycles. The van der Waals surface area contributed by atoms with Gasteiger partial charge in [-0.3, -0.25) is 9.63 Å². The lowest BCUT2D eigenvalue weighted by atomic mass is 10.2. The molecular formula is C8H13N3O5. The Morgan fingerprint density at radius 2 is 2.31 bits per heavy atom. The van der Waals surface area contributed by atoms with Crippen LogP contribution in [0.5, 0.6) is 0 Å². The first-order valence-corrected chi connectivity index (χ1v) is 4.74. The third-order valence-corrected chi connectivity index (χ3v) is 1.95. The van der Waals surface area contributed by atoms with Gasteiger partial charge in [0.25, 0.3) is 0 Å². The number of carboxylic acids is 1. The van der Waals surface area contributed by atoms with Gasteiger partial charge in [-0.15, -0.1) is 0 Å². The Labute approximate surface area is 91.3 Å². The quantitative estimate of drug-likeness (QED) is 0.433. The van der Waals surface area contributed by atoms with Gasteiger partial charge in [0.05, 0.1) is 0 Å². The Morgan fingerprint density at radius 1 is 1.56 bits per heavy atom. The number of hydrogen-bond acceptors (Lipinski definition) is 4. The maximum absolute atomic E-state index is 11.0. The highest BCUT2D eigenvalue weighted by Gasteiger charge is 2.20. The molecule has 1 fully saturated rings. The standard InChI is InChI=1S/C8H13N3O5/c12-6-2-1-5(10-6)3-9-8(15)11-16-4-7(13)14/h5H,1-4H2,(H,10,12)(H,13,14)(H2,9,11,15). The predicted octanol–water partition coefficient (Wildman–Crippen LogP) is -1.42. The lowest BCUT2D eigenvalue weighted by Crippen LogP contribution is -2.43. The highest BCUT2D eigenvalue weighted by molar-refractivity contribution is 5.78. The molecule has 0 spiro atoms. The molecule has 1 saturated heterocycles. The Balaban J connectivity index is 2.06. The maximum atomic E-state index is 11.0. The number of urea groups is 1. The highest BCUT2D eigenvalue weighted by atomic mass is 16.7. The molecule has 1 aliphatic heterocycles. The number of carbonyl (C=O) groups is 3. The summed E-state index contributed by atoms with van der Waals surface area (Å²) in [5.74, 6) is -1.21. The van der Waals surface area contributed by atoms with Crippen molar-refractivity contribution in [2.24, 2.45) is 0 Å². The summed E-state index contributed by atoms with van der Waals surface area (Å²) in [6.07, 6.45) is 1.14. The fraction of sp³-hybridized carbons (Fsp3) is 0.625. The van der Waals surface area contributed by atoms with Crippen LogP contribution >= 0.6 is 0 Å². The van der Waals surface area contributed by atoms with Crippen LogP contribution in [-0.2, 0) is 14.4 Å². The van der Waals surface area contributed by atoms with Crippen molar-refractivity contribution < 1.29 is 24.3 Å². The zero-order valence-electron chi connectivity index (χ0n) is 8.49. The number of carbonyl (C=O) groups excluding carboxylic acids is 2. The van der Waals surface area contributed by atoms with Crippen molar-refractivity contribution in [3.63, 3.8) is 0 Å². The smallest absolute Gasteiger partial charge is 0.338 e. The van der Waals surface area contributed by atoms with Crippen molar-refractivity contribution in [2.75, 3.05) is 13.2 Å². The average molecular weight is 231 g/mol. The van der Waals surface area contributed by atoms with Crippen LogP contribution in [0.1, 0.15) is 12.8 Å². The van der Waals surface area contributed by atoms with Gasteiger partial charge in [-0.05, 0) is 6.42 Å². The molecule has 8 heteroatoms. The van der Waals surface area contributed by atoms with Crippen LogP contribution in [0.25, 0.3) is 0 Å². The predicted molar refractivity (Wildman–Crippen MR) is 51.3 cm³/mol. The molecule has 8 nitrogen and oxygen atoms in total. The molecule has 1 heterocycles. The van der Waals surface area contributed by atoms with Gasteiger partial charge in [0.2, 0.25) is 5.91 Å². The average Bonchev–Trinajstić information content (AvgIpc) is 2.61. The molecular weight excluding hydrogens is 218 g/mol. The van der Waals surface area contributed by atoms with E-state index >= 15 is 0 Å². The first-order valence-electron chi connectivity index (χ1n) is 4.74. The van der Waals surface area contributed by atoms with Gasteiger partial charge in [-0.25, -0.2) is 15.1 Å². The third-order valence-electron chi connectivity index (χ3n) is 1.95. The van der Waals surface area contributed by atoms with Crippen molar-refractivity contribution in [3.8, 4) is 0 Å². The van der Waals surface area contributed by atoms with E-state index in [-0.39, 0.29) is 18.5 Å². The summed E-state index contributed by atoms with van der Waals surface area (Å²) >= 11 is 0. The molecule has 0 saturated carbocycles. The summed E-state index contributed by atoms with van der Waals surface area (Å²) in [6.45, 7) is -0.318. The largest absolute Gasteiger partial charge is 0.479 e. The van der Waals surface area contributed by atoms with E-state index in [0.29, 0.717) is 12.8 Å². The molecule has 4 N–H and O–H groups in total. The molecule has 0 aromatic rings. The number of nitrogens with one attached hydrogen (secondary N) is 3. The number of hydrogen-bond donors (Lipinski definition) is 4. The van der Waals surface area contributed by atoms with Crippen LogP contribution in [0.4, 0.5) is 4.79 Å². The lowest BCUT2D eigenvalue weighted by Gasteiger charge is -2.11. The van der Waals surface area contributed by atoms with Crippen LogP contribution in [0.15, 0.2) is 0 Å². The Hall–Kier alpha value is -1.83. The fourth-order valence-electron chi connectivity index (χ4n) is 1.25. The molecule has 1 unspecified atom stereocenters. The van der Waals surface area contributed by atoms with Crippen molar-refractivity contribution in [2.45, 2.75) is 18.9 Å². The Bertz CT molecular complexity index is 293. The van der Waals surface area contributed by atoms with Crippen LogP contribution in [0.3, 0.4) is 0 Å². The van der Waals surface area contributed by atoms with Gasteiger partial charge >= 0.3 is 12.0 Å². The maximum Gasteiger partial charge on any atom is 0.338 e. The first kappa shape index (κ1) is 12.2. The van der Waals surface area contributed by atoms with Gasteiger partial charge in [-0.2, -0.15) is 0 Å². The second-order valence-corrected chi connectivity index (χ2v) is 3.30. The molecule has 0 aromatic heterocycles. The van der Waals surface area contributed by atoms with E-state index in [1.54, 1.807) is 0 Å². The molecule has 1 rings (SSSR count). The molecule has 1 atom stereocenters. The lowest BCUT2D eigenvalue weighted by molar-refractivity contribution is -0.144. The van der Waals surface area contributed by atoms with Gasteiger partial charge in [-0.1, -0.05) is 0 Å². The van der Waals surface area contributed by atoms with Crippen LogP contribution in [-0.4, -0.2) is 42.2 Å². The summed E-state index contributed by atoms with van der Waals surface area (Å²) in [4.78, 5) is 36.2. The zero-order valence-corrected chi connectivity index (χ0v) is 8.49. The molecule has 0 radical (unpaired) electrons. The Kier molecular flexibility index (Phi) is 4.52. The van der Waals surface area contributed by atoms with Crippen LogP contribution < -0.4 is 16.1 Å². The molecule has 0 aromatic carbocycles.